The molecule has 0 radical (unpaired) electrons. The molecule has 0 spiro atoms. The van der Waals surface area contributed by atoms with Crippen LogP contribution in [0.5, 0.6) is 0 Å². The Hall–Kier alpha value is -1.75. The smallest absolute Gasteiger partial charge is 0.135 e. The molecule has 1 aromatic heterocycles. The topological polar surface area (TPSA) is 54.7 Å². The fourth-order valence-corrected chi connectivity index (χ4v) is 2.11. The number of hydrogen-bond donors (Lipinski definition) is 2. The number of aromatic nitrogens is 2. The van der Waals surface area contributed by atoms with Gasteiger partial charge in [0.2, 0.25) is 0 Å². The summed E-state index contributed by atoms with van der Waals surface area (Å²) >= 11 is 0. The third kappa shape index (κ3) is 2.66. The van der Waals surface area contributed by atoms with Crippen LogP contribution < -0.4 is 5.73 Å². The molecule has 0 aliphatic heterocycles. The summed E-state index contributed by atoms with van der Waals surface area (Å²) < 4.78 is 27.3. The Balaban J connectivity index is 2.41. The summed E-state index contributed by atoms with van der Waals surface area (Å²) in [5, 5.41) is 0. The fourth-order valence-electron chi connectivity index (χ4n) is 2.11. The van der Waals surface area contributed by atoms with Crippen LogP contribution in [-0.4, -0.2) is 16.5 Å². The highest BCUT2D eigenvalue weighted by molar-refractivity contribution is 5.60. The molecule has 3 N–H and O–H groups in total. The highest BCUT2D eigenvalue weighted by Gasteiger charge is 2.19. The first-order valence-electron chi connectivity index (χ1n) is 6.24. The first kappa shape index (κ1) is 13.7. The molecule has 0 bridgehead atoms. The van der Waals surface area contributed by atoms with Crippen LogP contribution in [0, 0.1) is 17.6 Å². The lowest BCUT2D eigenvalue weighted by atomic mass is 9.95. The average molecular weight is 265 g/mol. The van der Waals surface area contributed by atoms with Gasteiger partial charge in [-0.25, -0.2) is 13.8 Å². The van der Waals surface area contributed by atoms with Crippen molar-refractivity contribution in [2.24, 2.45) is 11.7 Å². The van der Waals surface area contributed by atoms with Crippen LogP contribution in [0.4, 0.5) is 8.78 Å². The fraction of sp³-hybridized carbons (Fsp3) is 0.357. The van der Waals surface area contributed by atoms with E-state index in [1.54, 1.807) is 0 Å². The Kier molecular flexibility index (Phi) is 3.95. The average Bonchev–Trinajstić information content (AvgIpc) is 2.78. The van der Waals surface area contributed by atoms with Crippen molar-refractivity contribution in [2.45, 2.75) is 19.8 Å². The molecule has 0 saturated carbocycles. The summed E-state index contributed by atoms with van der Waals surface area (Å²) in [5.41, 5.74) is 5.96. The van der Waals surface area contributed by atoms with E-state index in [1.165, 1.54) is 24.4 Å². The van der Waals surface area contributed by atoms with E-state index in [1.807, 2.05) is 13.8 Å². The van der Waals surface area contributed by atoms with Gasteiger partial charge in [0.05, 0.1) is 17.5 Å². The third-order valence-corrected chi connectivity index (χ3v) is 3.24. The Labute approximate surface area is 110 Å². The van der Waals surface area contributed by atoms with Gasteiger partial charge in [-0.3, -0.25) is 0 Å². The SMILES string of the molecule is CC(C)C(CN)c1ncc(-c2c(F)cccc2F)[nH]1. The van der Waals surface area contributed by atoms with Gasteiger partial charge in [0, 0.05) is 12.5 Å². The molecule has 1 unspecified atom stereocenters. The summed E-state index contributed by atoms with van der Waals surface area (Å²) in [6.07, 6.45) is 1.45. The van der Waals surface area contributed by atoms with E-state index in [0.717, 1.165) is 0 Å². The van der Waals surface area contributed by atoms with Crippen LogP contribution in [0.15, 0.2) is 24.4 Å². The number of imidazole rings is 1. The van der Waals surface area contributed by atoms with Gasteiger partial charge in [-0.2, -0.15) is 0 Å². The van der Waals surface area contributed by atoms with Crippen LogP contribution in [0.25, 0.3) is 11.3 Å². The van der Waals surface area contributed by atoms with Gasteiger partial charge in [0.1, 0.15) is 17.5 Å². The predicted molar refractivity (Wildman–Crippen MR) is 70.6 cm³/mol. The Bertz CT molecular complexity index is 543. The number of benzene rings is 1. The molecule has 2 aromatic rings. The Morgan fingerprint density at radius 1 is 1.26 bits per heavy atom. The lowest BCUT2D eigenvalue weighted by Crippen LogP contribution is -2.19. The molecule has 1 atom stereocenters. The summed E-state index contributed by atoms with van der Waals surface area (Å²) in [6, 6.07) is 3.78. The van der Waals surface area contributed by atoms with Crippen molar-refractivity contribution in [2.75, 3.05) is 6.54 Å². The summed E-state index contributed by atoms with van der Waals surface area (Å²) in [7, 11) is 0. The number of hydrogen-bond acceptors (Lipinski definition) is 2. The van der Waals surface area contributed by atoms with Crippen molar-refractivity contribution in [3.63, 3.8) is 0 Å². The largest absolute Gasteiger partial charge is 0.342 e. The summed E-state index contributed by atoms with van der Waals surface area (Å²) in [6.45, 7) is 4.50. The molecular formula is C14H17F2N3. The lowest BCUT2D eigenvalue weighted by molar-refractivity contribution is 0.487. The number of H-pyrrole nitrogens is 1. The molecule has 5 heteroatoms. The number of halogens is 2. The van der Waals surface area contributed by atoms with Crippen molar-refractivity contribution >= 4 is 0 Å². The molecule has 0 fully saturated rings. The van der Waals surface area contributed by atoms with Crippen molar-refractivity contribution in [1.29, 1.82) is 0 Å². The zero-order valence-corrected chi connectivity index (χ0v) is 11.0. The van der Waals surface area contributed by atoms with E-state index >= 15 is 0 Å². The molecule has 0 aliphatic rings. The Morgan fingerprint density at radius 3 is 2.42 bits per heavy atom. The quantitative estimate of drug-likeness (QED) is 0.892. The predicted octanol–water partition coefficient (Wildman–Crippen LogP) is 3.05. The van der Waals surface area contributed by atoms with E-state index in [2.05, 4.69) is 9.97 Å². The maximum Gasteiger partial charge on any atom is 0.135 e. The molecule has 102 valence electrons. The first-order chi connectivity index (χ1) is 9.04. The lowest BCUT2D eigenvalue weighted by Gasteiger charge is -2.15. The first-order valence-corrected chi connectivity index (χ1v) is 6.24. The van der Waals surface area contributed by atoms with E-state index in [-0.39, 0.29) is 11.5 Å². The number of nitrogens with two attached hydrogens (primary N) is 1. The molecule has 1 aromatic carbocycles. The monoisotopic (exact) mass is 265 g/mol. The van der Waals surface area contributed by atoms with E-state index in [4.69, 9.17) is 5.73 Å². The second kappa shape index (κ2) is 5.48. The van der Waals surface area contributed by atoms with Crippen molar-refractivity contribution in [3.8, 4) is 11.3 Å². The van der Waals surface area contributed by atoms with Crippen LogP contribution in [0.2, 0.25) is 0 Å². The van der Waals surface area contributed by atoms with Crippen LogP contribution >= 0.6 is 0 Å². The second-order valence-corrected chi connectivity index (χ2v) is 4.86. The van der Waals surface area contributed by atoms with Crippen molar-refractivity contribution in [1.82, 2.24) is 9.97 Å². The number of aromatic amines is 1. The molecule has 3 nitrogen and oxygen atoms in total. The standard InChI is InChI=1S/C14H17F2N3/c1-8(2)9(6-17)14-18-7-12(19-14)13-10(15)4-3-5-11(13)16/h3-5,7-9H,6,17H2,1-2H3,(H,18,19). The van der Waals surface area contributed by atoms with Crippen molar-refractivity contribution < 1.29 is 8.78 Å². The molecular weight excluding hydrogens is 248 g/mol. The Morgan fingerprint density at radius 2 is 1.89 bits per heavy atom. The number of nitrogens with one attached hydrogen (secondary N) is 1. The zero-order valence-electron chi connectivity index (χ0n) is 11.0. The van der Waals surface area contributed by atoms with Crippen LogP contribution in [0.1, 0.15) is 25.6 Å². The molecule has 19 heavy (non-hydrogen) atoms. The minimum atomic E-state index is -0.607. The van der Waals surface area contributed by atoms with Gasteiger partial charge in [0.25, 0.3) is 0 Å². The number of nitrogens with zero attached hydrogens (tertiary/aromatic N) is 1. The summed E-state index contributed by atoms with van der Waals surface area (Å²) in [5.74, 6) is -0.207. The molecule has 2 rings (SSSR count). The maximum absolute atomic E-state index is 13.7. The molecule has 0 saturated heterocycles. The summed E-state index contributed by atoms with van der Waals surface area (Å²) in [4.78, 5) is 7.17. The van der Waals surface area contributed by atoms with Gasteiger partial charge >= 0.3 is 0 Å². The normalized spacial score (nSPS) is 12.9. The van der Waals surface area contributed by atoms with Crippen molar-refractivity contribution in [3.05, 3.63) is 41.9 Å². The third-order valence-electron chi connectivity index (χ3n) is 3.24. The van der Waals surface area contributed by atoms with Gasteiger partial charge in [-0.05, 0) is 18.1 Å². The van der Waals surface area contributed by atoms with E-state index < -0.39 is 11.6 Å². The maximum atomic E-state index is 13.7. The molecule has 1 heterocycles. The highest BCUT2D eigenvalue weighted by Crippen LogP contribution is 2.27. The minimum absolute atomic E-state index is 0.0450. The number of rotatable bonds is 4. The molecule has 0 amide bonds. The second-order valence-electron chi connectivity index (χ2n) is 4.86. The minimum Gasteiger partial charge on any atom is -0.342 e. The zero-order chi connectivity index (χ0) is 14.0. The van der Waals surface area contributed by atoms with E-state index in [0.29, 0.717) is 24.0 Å². The van der Waals surface area contributed by atoms with Gasteiger partial charge in [-0.15, -0.1) is 0 Å². The highest BCUT2D eigenvalue weighted by atomic mass is 19.1. The van der Waals surface area contributed by atoms with Gasteiger partial charge in [0.15, 0.2) is 0 Å². The van der Waals surface area contributed by atoms with Crippen LogP contribution in [-0.2, 0) is 0 Å². The van der Waals surface area contributed by atoms with E-state index in [9.17, 15) is 8.78 Å². The molecule has 0 aliphatic carbocycles. The van der Waals surface area contributed by atoms with Gasteiger partial charge in [-0.1, -0.05) is 19.9 Å². The van der Waals surface area contributed by atoms with Crippen LogP contribution in [0.3, 0.4) is 0 Å². The van der Waals surface area contributed by atoms with Gasteiger partial charge < -0.3 is 10.7 Å².